The number of hydrogen-bond donors (Lipinski definition) is 1. The Morgan fingerprint density at radius 1 is 1.05 bits per heavy atom. The van der Waals surface area contributed by atoms with Crippen LogP contribution in [0.3, 0.4) is 0 Å². The molecule has 20 heavy (non-hydrogen) atoms. The Hall–Kier alpha value is -1.67. The van der Waals surface area contributed by atoms with Crippen LogP contribution < -0.4 is 10.1 Å². The van der Waals surface area contributed by atoms with Crippen molar-refractivity contribution in [2.75, 3.05) is 18.5 Å². The molecule has 2 nitrogen and oxygen atoms in total. The molecule has 0 aliphatic carbocycles. The number of para-hydroxylation sites is 1. The SMILES string of the molecule is CCc1ccc(OCCCNc2ccccc2Cl)cc1. The van der Waals surface area contributed by atoms with Crippen LogP contribution in [-0.2, 0) is 6.42 Å². The summed E-state index contributed by atoms with van der Waals surface area (Å²) in [6.07, 6.45) is 1.99. The molecule has 0 saturated carbocycles. The first kappa shape index (κ1) is 14.7. The van der Waals surface area contributed by atoms with Crippen LogP contribution in [-0.4, -0.2) is 13.2 Å². The molecule has 0 atom stereocenters. The summed E-state index contributed by atoms with van der Waals surface area (Å²) in [5.74, 6) is 0.931. The monoisotopic (exact) mass is 289 g/mol. The number of benzene rings is 2. The van der Waals surface area contributed by atoms with Crippen LogP contribution >= 0.6 is 11.6 Å². The average Bonchev–Trinajstić information content (AvgIpc) is 2.49. The van der Waals surface area contributed by atoms with Crippen molar-refractivity contribution in [3.05, 3.63) is 59.1 Å². The predicted octanol–water partition coefficient (Wildman–Crippen LogP) is 4.78. The van der Waals surface area contributed by atoms with Gasteiger partial charge < -0.3 is 10.1 Å². The summed E-state index contributed by atoms with van der Waals surface area (Å²) in [5.41, 5.74) is 2.30. The van der Waals surface area contributed by atoms with E-state index in [1.54, 1.807) is 0 Å². The molecule has 0 aliphatic rings. The maximum absolute atomic E-state index is 6.07. The first-order chi connectivity index (χ1) is 9.79. The zero-order valence-corrected chi connectivity index (χ0v) is 12.5. The third-order valence-corrected chi connectivity index (χ3v) is 3.44. The lowest BCUT2D eigenvalue weighted by atomic mass is 10.2. The van der Waals surface area contributed by atoms with Crippen LogP contribution in [0.1, 0.15) is 18.9 Å². The molecule has 0 heterocycles. The Balaban J connectivity index is 1.67. The molecule has 0 radical (unpaired) electrons. The van der Waals surface area contributed by atoms with Crippen LogP contribution in [0.15, 0.2) is 48.5 Å². The number of hydrogen-bond acceptors (Lipinski definition) is 2. The fourth-order valence-electron chi connectivity index (χ4n) is 1.91. The molecule has 3 heteroatoms. The zero-order chi connectivity index (χ0) is 14.2. The Labute approximate surface area is 125 Å². The van der Waals surface area contributed by atoms with Crippen molar-refractivity contribution >= 4 is 17.3 Å². The zero-order valence-electron chi connectivity index (χ0n) is 11.7. The van der Waals surface area contributed by atoms with E-state index in [1.807, 2.05) is 36.4 Å². The molecule has 0 unspecified atom stereocenters. The van der Waals surface area contributed by atoms with Crippen molar-refractivity contribution in [1.82, 2.24) is 0 Å². The van der Waals surface area contributed by atoms with E-state index < -0.39 is 0 Å². The van der Waals surface area contributed by atoms with Gasteiger partial charge in [0.15, 0.2) is 0 Å². The molecular weight excluding hydrogens is 270 g/mol. The van der Waals surface area contributed by atoms with E-state index in [-0.39, 0.29) is 0 Å². The molecule has 0 aromatic heterocycles. The molecule has 0 fully saturated rings. The van der Waals surface area contributed by atoms with Gasteiger partial charge in [0, 0.05) is 6.54 Å². The molecule has 2 aromatic rings. The topological polar surface area (TPSA) is 21.3 Å². The second-order valence-electron chi connectivity index (χ2n) is 4.61. The first-order valence-corrected chi connectivity index (χ1v) is 7.37. The van der Waals surface area contributed by atoms with Crippen LogP contribution in [0.5, 0.6) is 5.75 Å². The molecular formula is C17H20ClNO. The highest BCUT2D eigenvalue weighted by molar-refractivity contribution is 6.33. The number of halogens is 1. The van der Waals surface area contributed by atoms with E-state index in [2.05, 4.69) is 24.4 Å². The maximum atomic E-state index is 6.07. The molecule has 0 spiro atoms. The minimum atomic E-state index is 0.697. The fourth-order valence-corrected chi connectivity index (χ4v) is 2.11. The minimum absolute atomic E-state index is 0.697. The van der Waals surface area contributed by atoms with Gasteiger partial charge in [-0.15, -0.1) is 0 Å². The average molecular weight is 290 g/mol. The highest BCUT2D eigenvalue weighted by Gasteiger charge is 1.98. The van der Waals surface area contributed by atoms with Gasteiger partial charge in [-0.2, -0.15) is 0 Å². The number of ether oxygens (including phenoxy) is 1. The van der Waals surface area contributed by atoms with Crippen molar-refractivity contribution in [3.63, 3.8) is 0 Å². The van der Waals surface area contributed by atoms with Gasteiger partial charge in [0.2, 0.25) is 0 Å². The third-order valence-electron chi connectivity index (χ3n) is 3.11. The minimum Gasteiger partial charge on any atom is -0.494 e. The summed E-state index contributed by atoms with van der Waals surface area (Å²) >= 11 is 6.07. The number of nitrogens with one attached hydrogen (secondary N) is 1. The summed E-state index contributed by atoms with van der Waals surface area (Å²) in [7, 11) is 0. The van der Waals surface area contributed by atoms with Gasteiger partial charge in [-0.05, 0) is 42.7 Å². The lowest BCUT2D eigenvalue weighted by Gasteiger charge is -2.09. The first-order valence-electron chi connectivity index (χ1n) is 6.99. The quantitative estimate of drug-likeness (QED) is 0.740. The summed E-state index contributed by atoms with van der Waals surface area (Å²) in [6.45, 7) is 3.69. The molecule has 0 aliphatic heterocycles. The molecule has 0 amide bonds. The fraction of sp³-hybridized carbons (Fsp3) is 0.294. The highest BCUT2D eigenvalue weighted by Crippen LogP contribution is 2.20. The lowest BCUT2D eigenvalue weighted by Crippen LogP contribution is -2.07. The lowest BCUT2D eigenvalue weighted by molar-refractivity contribution is 0.315. The van der Waals surface area contributed by atoms with E-state index >= 15 is 0 Å². The van der Waals surface area contributed by atoms with Gasteiger partial charge in [-0.25, -0.2) is 0 Å². The number of aryl methyl sites for hydroxylation is 1. The van der Waals surface area contributed by atoms with Gasteiger partial charge in [0.1, 0.15) is 5.75 Å². The van der Waals surface area contributed by atoms with Crippen molar-refractivity contribution in [2.24, 2.45) is 0 Å². The molecule has 1 N–H and O–H groups in total. The van der Waals surface area contributed by atoms with Crippen LogP contribution in [0.25, 0.3) is 0 Å². The Kier molecular flexibility index (Phi) is 5.75. The molecule has 2 rings (SSSR count). The standard InChI is InChI=1S/C17H20ClNO/c1-2-14-8-10-15(11-9-14)20-13-5-12-19-17-7-4-3-6-16(17)18/h3-4,6-11,19H,2,5,12-13H2,1H3. The molecule has 0 saturated heterocycles. The van der Waals surface area contributed by atoms with Crippen LogP contribution in [0.2, 0.25) is 5.02 Å². The van der Waals surface area contributed by atoms with Crippen molar-refractivity contribution in [2.45, 2.75) is 19.8 Å². The second kappa shape index (κ2) is 7.81. The van der Waals surface area contributed by atoms with E-state index in [9.17, 15) is 0 Å². The Morgan fingerprint density at radius 2 is 1.80 bits per heavy atom. The van der Waals surface area contributed by atoms with Crippen molar-refractivity contribution < 1.29 is 4.74 Å². The summed E-state index contributed by atoms with van der Waals surface area (Å²) in [4.78, 5) is 0. The second-order valence-corrected chi connectivity index (χ2v) is 5.01. The van der Waals surface area contributed by atoms with Gasteiger partial charge >= 0.3 is 0 Å². The van der Waals surface area contributed by atoms with Gasteiger partial charge in [0.25, 0.3) is 0 Å². The largest absolute Gasteiger partial charge is 0.494 e. The normalized spacial score (nSPS) is 10.3. The highest BCUT2D eigenvalue weighted by atomic mass is 35.5. The summed E-state index contributed by atoms with van der Waals surface area (Å²) in [5, 5.41) is 4.06. The van der Waals surface area contributed by atoms with Crippen LogP contribution in [0.4, 0.5) is 5.69 Å². The van der Waals surface area contributed by atoms with Gasteiger partial charge in [-0.3, -0.25) is 0 Å². The van der Waals surface area contributed by atoms with E-state index in [0.29, 0.717) is 6.61 Å². The number of anilines is 1. The summed E-state index contributed by atoms with van der Waals surface area (Å²) < 4.78 is 5.70. The van der Waals surface area contributed by atoms with Crippen molar-refractivity contribution in [1.29, 1.82) is 0 Å². The Morgan fingerprint density at radius 3 is 2.50 bits per heavy atom. The molecule has 106 valence electrons. The van der Waals surface area contributed by atoms with E-state index in [4.69, 9.17) is 16.3 Å². The predicted molar refractivity (Wildman–Crippen MR) is 85.9 cm³/mol. The smallest absolute Gasteiger partial charge is 0.119 e. The van der Waals surface area contributed by atoms with Crippen LogP contribution in [0, 0.1) is 0 Å². The van der Waals surface area contributed by atoms with Gasteiger partial charge in [-0.1, -0.05) is 42.8 Å². The van der Waals surface area contributed by atoms with E-state index in [0.717, 1.165) is 35.8 Å². The molecule has 0 bridgehead atoms. The third kappa shape index (κ3) is 4.46. The maximum Gasteiger partial charge on any atom is 0.119 e. The summed E-state index contributed by atoms with van der Waals surface area (Å²) in [6, 6.07) is 16.0. The molecule has 2 aromatic carbocycles. The van der Waals surface area contributed by atoms with Crippen molar-refractivity contribution in [3.8, 4) is 5.75 Å². The Bertz CT molecular complexity index is 525. The van der Waals surface area contributed by atoms with E-state index in [1.165, 1.54) is 5.56 Å². The number of rotatable bonds is 7. The van der Waals surface area contributed by atoms with Gasteiger partial charge in [0.05, 0.1) is 17.3 Å².